The van der Waals surface area contributed by atoms with E-state index in [1.807, 2.05) is 72.8 Å². The molecule has 0 fully saturated rings. The number of carbonyl (C=O) groups is 1. The summed E-state index contributed by atoms with van der Waals surface area (Å²) < 4.78 is 7.94. The summed E-state index contributed by atoms with van der Waals surface area (Å²) in [5, 5.41) is 0.671. The van der Waals surface area contributed by atoms with Crippen molar-refractivity contribution in [3.05, 3.63) is 107 Å². The molecule has 0 atom stereocenters. The van der Waals surface area contributed by atoms with Gasteiger partial charge in [0.2, 0.25) is 0 Å². The minimum atomic E-state index is -0.292. The number of rotatable bonds is 5. The van der Waals surface area contributed by atoms with Crippen LogP contribution in [0, 0.1) is 0 Å². The molecule has 1 aromatic heterocycles. The Bertz CT molecular complexity index is 1210. The van der Waals surface area contributed by atoms with Gasteiger partial charge < -0.3 is 9.30 Å². The van der Waals surface area contributed by atoms with Crippen molar-refractivity contribution in [2.45, 2.75) is 26.0 Å². The van der Waals surface area contributed by atoms with Gasteiger partial charge in [0.1, 0.15) is 12.3 Å². The molecule has 1 aliphatic rings. The zero-order valence-corrected chi connectivity index (χ0v) is 17.8. The number of hydrogen-bond donors (Lipinski definition) is 0. The Hall–Kier alpha value is -3.30. The summed E-state index contributed by atoms with van der Waals surface area (Å²) in [4.78, 5) is 13.4. The van der Waals surface area contributed by atoms with E-state index in [2.05, 4.69) is 16.7 Å². The summed E-state index contributed by atoms with van der Waals surface area (Å²) in [6.45, 7) is 1.07. The molecule has 0 saturated carbocycles. The summed E-state index contributed by atoms with van der Waals surface area (Å²) in [5.41, 5.74) is 6.92. The Morgan fingerprint density at radius 2 is 1.48 bits per heavy atom. The fourth-order valence-corrected chi connectivity index (χ4v) is 4.52. The Morgan fingerprint density at radius 3 is 2.19 bits per heavy atom. The van der Waals surface area contributed by atoms with Gasteiger partial charge in [0.25, 0.3) is 0 Å². The molecular weight excluding hydrogens is 406 g/mol. The third kappa shape index (κ3) is 3.77. The van der Waals surface area contributed by atoms with E-state index in [4.69, 9.17) is 16.3 Å². The Morgan fingerprint density at radius 1 is 0.839 bits per heavy atom. The molecule has 0 aliphatic carbocycles. The normalized spacial score (nSPS) is 12.5. The molecule has 1 aliphatic heterocycles. The molecule has 2 heterocycles. The maximum atomic E-state index is 13.4. The van der Waals surface area contributed by atoms with Crippen molar-refractivity contribution in [3.63, 3.8) is 0 Å². The van der Waals surface area contributed by atoms with Crippen molar-refractivity contribution in [2.75, 3.05) is 0 Å². The molecular formula is C27H22ClNO2. The summed E-state index contributed by atoms with van der Waals surface area (Å²) in [6, 6.07) is 27.8. The lowest BCUT2D eigenvalue weighted by Crippen LogP contribution is -2.12. The summed E-state index contributed by atoms with van der Waals surface area (Å²) in [7, 11) is 0. The van der Waals surface area contributed by atoms with Crippen LogP contribution in [-0.4, -0.2) is 10.5 Å². The van der Waals surface area contributed by atoms with Gasteiger partial charge in [0, 0.05) is 28.4 Å². The number of benzene rings is 3. The minimum Gasteiger partial charge on any atom is -0.456 e. The number of carbonyl (C=O) groups excluding carboxylic acids is 1. The van der Waals surface area contributed by atoms with E-state index in [-0.39, 0.29) is 12.6 Å². The third-order valence-corrected chi connectivity index (χ3v) is 6.02. The van der Waals surface area contributed by atoms with Crippen molar-refractivity contribution in [1.82, 2.24) is 4.57 Å². The molecule has 3 nitrogen and oxygen atoms in total. The van der Waals surface area contributed by atoms with E-state index < -0.39 is 0 Å². The van der Waals surface area contributed by atoms with Crippen molar-refractivity contribution in [1.29, 1.82) is 0 Å². The van der Waals surface area contributed by atoms with Gasteiger partial charge in [0.15, 0.2) is 0 Å². The predicted octanol–water partition coefficient (Wildman–Crippen LogP) is 6.78. The molecule has 5 rings (SSSR count). The largest absolute Gasteiger partial charge is 0.456 e. The van der Waals surface area contributed by atoms with E-state index in [9.17, 15) is 4.79 Å². The molecule has 0 amide bonds. The van der Waals surface area contributed by atoms with Gasteiger partial charge >= 0.3 is 5.97 Å². The van der Waals surface area contributed by atoms with Gasteiger partial charge in [-0.05, 0) is 41.7 Å². The number of esters is 1. The van der Waals surface area contributed by atoms with Crippen LogP contribution >= 0.6 is 11.6 Å². The Labute approximate surface area is 186 Å². The number of ether oxygens (including phenoxy) is 1. The second-order valence-corrected chi connectivity index (χ2v) is 8.17. The number of halogens is 1. The molecule has 31 heavy (non-hydrogen) atoms. The van der Waals surface area contributed by atoms with Crippen LogP contribution < -0.4 is 0 Å². The maximum Gasteiger partial charge on any atom is 0.355 e. The van der Waals surface area contributed by atoms with Crippen molar-refractivity contribution >= 4 is 17.6 Å². The van der Waals surface area contributed by atoms with Gasteiger partial charge in [0.05, 0.1) is 0 Å². The minimum absolute atomic E-state index is 0.251. The molecule has 154 valence electrons. The average molecular weight is 428 g/mol. The first kappa shape index (κ1) is 19.7. The molecule has 4 aromatic rings. The standard InChI is InChI=1S/C27H22ClNO2/c28-22-15-13-21(14-16-22)25-24(20-10-5-2-6-11-20)23-12-7-17-29(23)26(25)27(30)31-18-19-8-3-1-4-9-19/h1-6,8-11,13-16H,7,12,17-18H2. The average Bonchev–Trinajstić information content (AvgIpc) is 3.40. The van der Waals surface area contributed by atoms with Crippen molar-refractivity contribution in [3.8, 4) is 22.3 Å². The molecule has 0 bridgehead atoms. The van der Waals surface area contributed by atoms with Crippen LogP contribution in [0.2, 0.25) is 5.02 Å². The number of hydrogen-bond acceptors (Lipinski definition) is 2. The van der Waals surface area contributed by atoms with Gasteiger partial charge in [-0.15, -0.1) is 0 Å². The third-order valence-electron chi connectivity index (χ3n) is 5.77. The van der Waals surface area contributed by atoms with Crippen LogP contribution in [0.5, 0.6) is 0 Å². The van der Waals surface area contributed by atoms with Crippen LogP contribution in [-0.2, 0) is 24.3 Å². The first-order chi connectivity index (χ1) is 15.2. The van der Waals surface area contributed by atoms with E-state index in [0.717, 1.165) is 47.2 Å². The molecule has 0 spiro atoms. The smallest absolute Gasteiger partial charge is 0.355 e. The summed E-state index contributed by atoms with van der Waals surface area (Å²) in [6.07, 6.45) is 1.96. The Balaban J connectivity index is 1.65. The second-order valence-electron chi connectivity index (χ2n) is 7.74. The number of fused-ring (bicyclic) bond motifs is 1. The number of nitrogens with zero attached hydrogens (tertiary/aromatic N) is 1. The van der Waals surface area contributed by atoms with E-state index >= 15 is 0 Å². The topological polar surface area (TPSA) is 31.2 Å². The van der Waals surface area contributed by atoms with Crippen molar-refractivity contribution < 1.29 is 9.53 Å². The van der Waals surface area contributed by atoms with Crippen LogP contribution in [0.15, 0.2) is 84.9 Å². The highest BCUT2D eigenvalue weighted by atomic mass is 35.5. The first-order valence-electron chi connectivity index (χ1n) is 10.5. The first-order valence-corrected chi connectivity index (χ1v) is 10.9. The van der Waals surface area contributed by atoms with Crippen LogP contribution in [0.25, 0.3) is 22.3 Å². The second kappa shape index (κ2) is 8.44. The summed E-state index contributed by atoms with van der Waals surface area (Å²) >= 11 is 6.15. The lowest BCUT2D eigenvalue weighted by atomic mass is 9.94. The zero-order valence-electron chi connectivity index (χ0n) is 17.1. The monoisotopic (exact) mass is 427 g/mol. The lowest BCUT2D eigenvalue weighted by molar-refractivity contribution is 0.0461. The fourth-order valence-electron chi connectivity index (χ4n) is 4.40. The van der Waals surface area contributed by atoms with Gasteiger partial charge in [-0.1, -0.05) is 84.4 Å². The quantitative estimate of drug-likeness (QED) is 0.329. The Kier molecular flexibility index (Phi) is 5.35. The predicted molar refractivity (Wildman–Crippen MR) is 124 cm³/mol. The lowest BCUT2D eigenvalue weighted by Gasteiger charge is -2.12. The van der Waals surface area contributed by atoms with Crippen LogP contribution in [0.1, 0.15) is 28.2 Å². The molecule has 3 aromatic carbocycles. The van der Waals surface area contributed by atoms with E-state index in [1.165, 1.54) is 5.69 Å². The highest BCUT2D eigenvalue weighted by molar-refractivity contribution is 6.30. The molecule has 4 heteroatoms. The molecule has 0 N–H and O–H groups in total. The highest BCUT2D eigenvalue weighted by Gasteiger charge is 2.31. The molecule has 0 saturated heterocycles. The van der Waals surface area contributed by atoms with Gasteiger partial charge in [-0.2, -0.15) is 0 Å². The molecule has 0 unspecified atom stereocenters. The van der Waals surface area contributed by atoms with Crippen LogP contribution in [0.3, 0.4) is 0 Å². The molecule has 0 radical (unpaired) electrons. The van der Waals surface area contributed by atoms with Gasteiger partial charge in [-0.3, -0.25) is 0 Å². The van der Waals surface area contributed by atoms with Crippen LogP contribution in [0.4, 0.5) is 0 Å². The SMILES string of the molecule is O=C(OCc1ccccc1)c1c(-c2ccc(Cl)cc2)c(-c2ccccc2)c2n1CCC2. The van der Waals surface area contributed by atoms with E-state index in [0.29, 0.717) is 10.7 Å². The van der Waals surface area contributed by atoms with Gasteiger partial charge in [-0.25, -0.2) is 4.79 Å². The number of aromatic nitrogens is 1. The van der Waals surface area contributed by atoms with E-state index in [1.54, 1.807) is 0 Å². The fraction of sp³-hybridized carbons (Fsp3) is 0.148. The maximum absolute atomic E-state index is 13.4. The van der Waals surface area contributed by atoms with Crippen molar-refractivity contribution in [2.24, 2.45) is 0 Å². The zero-order chi connectivity index (χ0) is 21.2. The highest BCUT2D eigenvalue weighted by Crippen LogP contribution is 2.43. The summed E-state index contributed by atoms with van der Waals surface area (Å²) in [5.74, 6) is -0.292.